The number of furan rings is 2. The van der Waals surface area contributed by atoms with Gasteiger partial charge in [-0.1, -0.05) is 91.0 Å². The normalized spacial score (nSPS) is 12.0. The summed E-state index contributed by atoms with van der Waals surface area (Å²) in [6, 6.07) is 58.1. The molecular formula is C46H27NO2S. The van der Waals surface area contributed by atoms with Gasteiger partial charge in [0.25, 0.3) is 0 Å². The highest BCUT2D eigenvalue weighted by Crippen LogP contribution is 2.45. The third-order valence-corrected chi connectivity index (χ3v) is 11.2. The zero-order valence-corrected chi connectivity index (χ0v) is 27.6. The SMILES string of the molecule is c1ccc(N(c2ccc(-c3cccc4c3oc3ccccc34)cc2)c2ccc3c(c2)oc2ccc4c5cc6ccccc6cc5sc4c23)cc1. The molecule has 0 spiro atoms. The summed E-state index contributed by atoms with van der Waals surface area (Å²) in [7, 11) is 0. The van der Waals surface area contributed by atoms with E-state index < -0.39 is 0 Å². The van der Waals surface area contributed by atoms with Crippen LogP contribution >= 0.6 is 11.3 Å². The van der Waals surface area contributed by atoms with Crippen LogP contribution in [0.25, 0.3) is 85.9 Å². The van der Waals surface area contributed by atoms with Crippen LogP contribution in [0, 0.1) is 0 Å². The second-order valence-corrected chi connectivity index (χ2v) is 13.9. The van der Waals surface area contributed by atoms with Crippen molar-refractivity contribution in [1.82, 2.24) is 0 Å². The van der Waals surface area contributed by atoms with E-state index in [4.69, 9.17) is 8.83 Å². The van der Waals surface area contributed by atoms with Crippen LogP contribution in [0.1, 0.15) is 0 Å². The van der Waals surface area contributed by atoms with Gasteiger partial charge in [0.05, 0.1) is 0 Å². The average molecular weight is 658 g/mol. The van der Waals surface area contributed by atoms with E-state index in [0.717, 1.165) is 66.7 Å². The van der Waals surface area contributed by atoms with Crippen molar-refractivity contribution in [2.24, 2.45) is 0 Å². The van der Waals surface area contributed by atoms with Crippen LogP contribution in [0.5, 0.6) is 0 Å². The van der Waals surface area contributed by atoms with Crippen LogP contribution in [-0.2, 0) is 0 Å². The first kappa shape index (κ1) is 27.6. The van der Waals surface area contributed by atoms with Crippen molar-refractivity contribution < 1.29 is 8.83 Å². The first-order valence-electron chi connectivity index (χ1n) is 16.8. The van der Waals surface area contributed by atoms with Gasteiger partial charge in [0.15, 0.2) is 0 Å². The Morgan fingerprint density at radius 3 is 2.02 bits per heavy atom. The molecule has 0 aliphatic heterocycles. The van der Waals surface area contributed by atoms with Crippen molar-refractivity contribution in [2.45, 2.75) is 0 Å². The van der Waals surface area contributed by atoms with E-state index >= 15 is 0 Å². The quantitative estimate of drug-likeness (QED) is 0.189. The molecule has 0 bridgehead atoms. The first-order valence-corrected chi connectivity index (χ1v) is 17.6. The third-order valence-electron chi connectivity index (χ3n) is 10.0. The largest absolute Gasteiger partial charge is 0.456 e. The van der Waals surface area contributed by atoms with Crippen LogP contribution in [0.4, 0.5) is 17.1 Å². The molecule has 0 N–H and O–H groups in total. The lowest BCUT2D eigenvalue weighted by Gasteiger charge is -2.25. The molecule has 0 saturated heterocycles. The maximum atomic E-state index is 6.61. The highest BCUT2D eigenvalue weighted by atomic mass is 32.1. The second-order valence-electron chi connectivity index (χ2n) is 12.9. The third kappa shape index (κ3) is 4.09. The molecule has 0 aliphatic carbocycles. The lowest BCUT2D eigenvalue weighted by atomic mass is 10.0. The zero-order chi connectivity index (χ0) is 32.8. The Balaban J connectivity index is 1.04. The molecule has 0 atom stereocenters. The molecule has 8 aromatic carbocycles. The van der Waals surface area contributed by atoms with Gasteiger partial charge in [0.2, 0.25) is 0 Å². The zero-order valence-electron chi connectivity index (χ0n) is 26.8. The fourth-order valence-electron chi connectivity index (χ4n) is 7.70. The van der Waals surface area contributed by atoms with Crippen molar-refractivity contribution in [3.8, 4) is 11.1 Å². The topological polar surface area (TPSA) is 29.5 Å². The van der Waals surface area contributed by atoms with E-state index in [9.17, 15) is 0 Å². The molecule has 3 aromatic heterocycles. The van der Waals surface area contributed by atoms with E-state index in [0.29, 0.717) is 0 Å². The van der Waals surface area contributed by atoms with Crippen LogP contribution in [-0.4, -0.2) is 0 Å². The fraction of sp³-hybridized carbons (Fsp3) is 0. The van der Waals surface area contributed by atoms with Gasteiger partial charge in [0.1, 0.15) is 22.3 Å². The van der Waals surface area contributed by atoms with Gasteiger partial charge in [-0.05, 0) is 83.1 Å². The first-order chi connectivity index (χ1) is 24.8. The Hall–Kier alpha value is -6.36. The highest BCUT2D eigenvalue weighted by Gasteiger charge is 2.19. The molecule has 11 rings (SSSR count). The molecule has 3 heterocycles. The molecule has 11 aromatic rings. The van der Waals surface area contributed by atoms with Crippen molar-refractivity contribution in [3.05, 3.63) is 164 Å². The number of rotatable bonds is 4. The number of thiophene rings is 1. The van der Waals surface area contributed by atoms with Gasteiger partial charge in [0, 0.05) is 70.4 Å². The average Bonchev–Trinajstić information content (AvgIpc) is 3.85. The summed E-state index contributed by atoms with van der Waals surface area (Å²) in [5.74, 6) is 0. The number of benzene rings is 8. The molecule has 50 heavy (non-hydrogen) atoms. The minimum Gasteiger partial charge on any atom is -0.456 e. The van der Waals surface area contributed by atoms with Gasteiger partial charge < -0.3 is 13.7 Å². The maximum Gasteiger partial charge on any atom is 0.143 e. The monoisotopic (exact) mass is 657 g/mol. The minimum absolute atomic E-state index is 0.877. The van der Waals surface area contributed by atoms with Crippen LogP contribution in [0.2, 0.25) is 0 Å². The van der Waals surface area contributed by atoms with E-state index in [1.807, 2.05) is 23.5 Å². The van der Waals surface area contributed by atoms with E-state index in [1.165, 1.54) is 36.3 Å². The maximum absolute atomic E-state index is 6.61. The van der Waals surface area contributed by atoms with E-state index in [1.54, 1.807) is 0 Å². The minimum atomic E-state index is 0.877. The van der Waals surface area contributed by atoms with Crippen molar-refractivity contribution >= 4 is 103 Å². The number of hydrogen-bond acceptors (Lipinski definition) is 4. The summed E-state index contributed by atoms with van der Waals surface area (Å²) in [6.07, 6.45) is 0. The Bertz CT molecular complexity index is 3090. The molecule has 0 radical (unpaired) electrons. The molecule has 234 valence electrons. The predicted octanol–water partition coefficient (Wildman–Crippen LogP) is 14.1. The van der Waals surface area contributed by atoms with Gasteiger partial charge in [-0.2, -0.15) is 0 Å². The standard InChI is InChI=1S/C46H27NO2S/c1-2-11-31(12-3-1)47(32-19-17-28(18-20-32)34-14-8-15-36-35-13-6-7-16-40(35)49-45(34)36)33-21-22-38-42(27-33)48-41-24-23-37-39-25-29-9-4-5-10-30(29)26-43(39)50-46(37)44(38)41/h1-27H. The molecule has 4 heteroatoms. The summed E-state index contributed by atoms with van der Waals surface area (Å²) in [6.45, 7) is 0. The van der Waals surface area contributed by atoms with Crippen LogP contribution in [0.3, 0.4) is 0 Å². The van der Waals surface area contributed by atoms with Crippen molar-refractivity contribution in [2.75, 3.05) is 4.90 Å². The molecule has 3 nitrogen and oxygen atoms in total. The summed E-state index contributed by atoms with van der Waals surface area (Å²) in [5.41, 5.74) is 8.98. The van der Waals surface area contributed by atoms with E-state index in [2.05, 4.69) is 157 Å². The lowest BCUT2D eigenvalue weighted by molar-refractivity contribution is 0.669. The van der Waals surface area contributed by atoms with Crippen LogP contribution in [0.15, 0.2) is 173 Å². The van der Waals surface area contributed by atoms with Gasteiger partial charge >= 0.3 is 0 Å². The fourth-order valence-corrected chi connectivity index (χ4v) is 8.98. The number of nitrogens with zero attached hydrogens (tertiary/aromatic N) is 1. The second kappa shape index (κ2) is 10.6. The number of fused-ring (bicyclic) bond motifs is 11. The van der Waals surface area contributed by atoms with E-state index in [-0.39, 0.29) is 0 Å². The Morgan fingerprint density at radius 2 is 1.14 bits per heavy atom. The predicted molar refractivity (Wildman–Crippen MR) is 212 cm³/mol. The molecule has 0 aliphatic rings. The molecule has 0 amide bonds. The number of para-hydroxylation sites is 3. The highest BCUT2D eigenvalue weighted by molar-refractivity contribution is 7.26. The lowest BCUT2D eigenvalue weighted by Crippen LogP contribution is -2.09. The van der Waals surface area contributed by atoms with Crippen molar-refractivity contribution in [1.29, 1.82) is 0 Å². The van der Waals surface area contributed by atoms with Crippen LogP contribution < -0.4 is 4.90 Å². The Kier molecular flexibility index (Phi) is 5.83. The summed E-state index contributed by atoms with van der Waals surface area (Å²) in [5, 5.41) is 9.70. The van der Waals surface area contributed by atoms with Gasteiger partial charge in [-0.15, -0.1) is 11.3 Å². The number of hydrogen-bond donors (Lipinski definition) is 0. The number of anilines is 3. The van der Waals surface area contributed by atoms with Crippen molar-refractivity contribution in [3.63, 3.8) is 0 Å². The molecule has 0 saturated carbocycles. The molecule has 0 unspecified atom stereocenters. The Labute approximate surface area is 290 Å². The smallest absolute Gasteiger partial charge is 0.143 e. The molecule has 0 fully saturated rings. The van der Waals surface area contributed by atoms with Gasteiger partial charge in [-0.3, -0.25) is 0 Å². The van der Waals surface area contributed by atoms with Gasteiger partial charge in [-0.25, -0.2) is 0 Å². The summed E-state index contributed by atoms with van der Waals surface area (Å²) in [4.78, 5) is 2.29. The summed E-state index contributed by atoms with van der Waals surface area (Å²) >= 11 is 1.85. The summed E-state index contributed by atoms with van der Waals surface area (Å²) < 4.78 is 15.5. The molecular weight excluding hydrogens is 631 g/mol. The Morgan fingerprint density at radius 1 is 0.420 bits per heavy atom.